The second-order valence-electron chi connectivity index (χ2n) is 6.16. The molecule has 0 unspecified atom stereocenters. The number of nitrogens with one attached hydrogen (secondary N) is 1. The van der Waals surface area contributed by atoms with Crippen LogP contribution in [0, 0.1) is 5.92 Å². The topological polar surface area (TPSA) is 41.6 Å². The van der Waals surface area contributed by atoms with Crippen LogP contribution < -0.4 is 5.32 Å². The first-order valence-electron chi connectivity index (χ1n) is 7.79. The minimum absolute atomic E-state index is 0.323. The van der Waals surface area contributed by atoms with Crippen LogP contribution in [0.1, 0.15) is 46.0 Å². The highest BCUT2D eigenvalue weighted by Gasteiger charge is 2.26. The molecule has 4 heteroatoms. The predicted molar refractivity (Wildman–Crippen MR) is 76.0 cm³/mol. The lowest BCUT2D eigenvalue weighted by molar-refractivity contribution is -0.133. The molecule has 1 saturated heterocycles. The Labute approximate surface area is 116 Å². The summed E-state index contributed by atoms with van der Waals surface area (Å²) < 4.78 is 5.86. The first kappa shape index (κ1) is 14.8. The van der Waals surface area contributed by atoms with Crippen LogP contribution >= 0.6 is 0 Å². The van der Waals surface area contributed by atoms with Crippen LogP contribution in [0.3, 0.4) is 0 Å². The van der Waals surface area contributed by atoms with E-state index in [0.29, 0.717) is 24.0 Å². The van der Waals surface area contributed by atoms with Gasteiger partial charge in [0.05, 0.1) is 12.2 Å². The van der Waals surface area contributed by atoms with E-state index in [9.17, 15) is 4.79 Å². The minimum Gasteiger partial charge on any atom is -0.376 e. The number of carbonyl (C=O) groups is 1. The van der Waals surface area contributed by atoms with E-state index in [1.54, 1.807) is 0 Å². The molecule has 1 amide bonds. The van der Waals surface area contributed by atoms with Gasteiger partial charge < -0.3 is 15.0 Å². The molecule has 1 aliphatic heterocycles. The zero-order valence-corrected chi connectivity index (χ0v) is 12.4. The highest BCUT2D eigenvalue weighted by molar-refractivity contribution is 5.76. The Morgan fingerprint density at radius 2 is 1.84 bits per heavy atom. The zero-order chi connectivity index (χ0) is 13.7. The van der Waals surface area contributed by atoms with Gasteiger partial charge in [-0.1, -0.05) is 0 Å². The molecule has 0 bridgehead atoms. The number of hydrogen-bond donors (Lipinski definition) is 1. The summed E-state index contributed by atoms with van der Waals surface area (Å²) in [5, 5.41) is 3.29. The van der Waals surface area contributed by atoms with Crippen LogP contribution in [0.25, 0.3) is 0 Å². The van der Waals surface area contributed by atoms with Crippen molar-refractivity contribution in [3.8, 4) is 0 Å². The lowest BCUT2D eigenvalue weighted by Gasteiger charge is -2.32. The van der Waals surface area contributed by atoms with Gasteiger partial charge in [-0.25, -0.2) is 0 Å². The van der Waals surface area contributed by atoms with E-state index in [2.05, 4.69) is 19.2 Å². The molecule has 0 spiro atoms. The first-order valence-corrected chi connectivity index (χ1v) is 7.79. The fraction of sp³-hybridized carbons (Fsp3) is 0.933. The second-order valence-corrected chi connectivity index (χ2v) is 6.16. The highest BCUT2D eigenvalue weighted by atomic mass is 16.5. The first-order chi connectivity index (χ1) is 9.15. The zero-order valence-electron chi connectivity index (χ0n) is 12.4. The molecular formula is C15H28N2O2. The van der Waals surface area contributed by atoms with Gasteiger partial charge in [0.1, 0.15) is 0 Å². The summed E-state index contributed by atoms with van der Waals surface area (Å²) in [5.41, 5.74) is 0. The van der Waals surface area contributed by atoms with Crippen molar-refractivity contribution >= 4 is 5.91 Å². The van der Waals surface area contributed by atoms with Gasteiger partial charge in [-0.3, -0.25) is 4.79 Å². The Kier molecular flexibility index (Phi) is 5.64. The molecule has 0 aromatic carbocycles. The lowest BCUT2D eigenvalue weighted by Crippen LogP contribution is -2.47. The van der Waals surface area contributed by atoms with Gasteiger partial charge in [-0.2, -0.15) is 0 Å². The summed E-state index contributed by atoms with van der Waals surface area (Å²) in [5.74, 6) is 0.934. The van der Waals surface area contributed by atoms with Gasteiger partial charge in [0.25, 0.3) is 0 Å². The molecule has 2 rings (SSSR count). The average molecular weight is 268 g/mol. The number of ether oxygens (including phenoxy) is 1. The standard InChI is InChI=1S/C15H28N2O2/c1-12(2)19-14-5-3-13(4-6-14)11-15(18)17-9-7-16-8-10-17/h12-14,16H,3-11H2,1-2H3. The van der Waals surface area contributed by atoms with Crippen molar-refractivity contribution in [1.82, 2.24) is 10.2 Å². The third-order valence-corrected chi connectivity index (χ3v) is 4.19. The van der Waals surface area contributed by atoms with Gasteiger partial charge in [-0.05, 0) is 45.4 Å². The molecule has 4 nitrogen and oxygen atoms in total. The third-order valence-electron chi connectivity index (χ3n) is 4.19. The van der Waals surface area contributed by atoms with Crippen molar-refractivity contribution in [2.75, 3.05) is 26.2 Å². The van der Waals surface area contributed by atoms with Gasteiger partial charge in [0, 0.05) is 32.6 Å². The van der Waals surface area contributed by atoms with E-state index < -0.39 is 0 Å². The van der Waals surface area contributed by atoms with Crippen LogP contribution in [0.4, 0.5) is 0 Å². The summed E-state index contributed by atoms with van der Waals surface area (Å²) in [6.45, 7) is 7.84. The number of nitrogens with zero attached hydrogens (tertiary/aromatic N) is 1. The fourth-order valence-electron chi connectivity index (χ4n) is 3.15. The molecule has 0 aromatic rings. The van der Waals surface area contributed by atoms with Crippen LogP contribution in [0.2, 0.25) is 0 Å². The summed E-state index contributed by atoms with van der Waals surface area (Å²) in [6, 6.07) is 0. The maximum absolute atomic E-state index is 12.2. The maximum Gasteiger partial charge on any atom is 0.222 e. The van der Waals surface area contributed by atoms with Gasteiger partial charge in [0.2, 0.25) is 5.91 Å². The van der Waals surface area contributed by atoms with Crippen molar-refractivity contribution < 1.29 is 9.53 Å². The molecule has 0 radical (unpaired) electrons. The van der Waals surface area contributed by atoms with Crippen LogP contribution in [-0.2, 0) is 9.53 Å². The number of hydrogen-bond acceptors (Lipinski definition) is 3. The number of amides is 1. The molecule has 2 aliphatic rings. The van der Waals surface area contributed by atoms with Crippen LogP contribution in [-0.4, -0.2) is 49.2 Å². The van der Waals surface area contributed by atoms with Crippen molar-refractivity contribution in [3.63, 3.8) is 0 Å². The molecule has 19 heavy (non-hydrogen) atoms. The summed E-state index contributed by atoms with van der Waals surface area (Å²) in [6.07, 6.45) is 6.03. The summed E-state index contributed by atoms with van der Waals surface area (Å²) in [7, 11) is 0. The van der Waals surface area contributed by atoms with Crippen molar-refractivity contribution in [2.45, 2.75) is 58.2 Å². The quantitative estimate of drug-likeness (QED) is 0.845. The monoisotopic (exact) mass is 268 g/mol. The van der Waals surface area contributed by atoms with Crippen LogP contribution in [0.5, 0.6) is 0 Å². The van der Waals surface area contributed by atoms with E-state index in [0.717, 1.165) is 58.3 Å². The van der Waals surface area contributed by atoms with E-state index >= 15 is 0 Å². The predicted octanol–water partition coefficient (Wildman–Crippen LogP) is 1.79. The molecule has 1 saturated carbocycles. The largest absolute Gasteiger partial charge is 0.376 e. The number of carbonyl (C=O) groups excluding carboxylic acids is 1. The third kappa shape index (κ3) is 4.77. The molecular weight excluding hydrogens is 240 g/mol. The summed E-state index contributed by atoms with van der Waals surface area (Å²) in [4.78, 5) is 14.2. The minimum atomic E-state index is 0.323. The van der Waals surface area contributed by atoms with Gasteiger partial charge >= 0.3 is 0 Å². The Balaban J connectivity index is 1.68. The van der Waals surface area contributed by atoms with Gasteiger partial charge in [-0.15, -0.1) is 0 Å². The van der Waals surface area contributed by atoms with Crippen LogP contribution in [0.15, 0.2) is 0 Å². The normalized spacial score (nSPS) is 28.7. The molecule has 110 valence electrons. The van der Waals surface area contributed by atoms with E-state index in [1.165, 1.54) is 0 Å². The molecule has 0 atom stereocenters. The Morgan fingerprint density at radius 1 is 1.21 bits per heavy atom. The molecule has 1 aliphatic carbocycles. The highest BCUT2D eigenvalue weighted by Crippen LogP contribution is 2.29. The Bertz CT molecular complexity index is 280. The van der Waals surface area contributed by atoms with Crippen molar-refractivity contribution in [2.24, 2.45) is 5.92 Å². The Morgan fingerprint density at radius 3 is 2.42 bits per heavy atom. The fourth-order valence-corrected chi connectivity index (χ4v) is 3.15. The molecule has 2 fully saturated rings. The smallest absolute Gasteiger partial charge is 0.222 e. The molecule has 1 N–H and O–H groups in total. The molecule has 1 heterocycles. The van der Waals surface area contributed by atoms with E-state index in [-0.39, 0.29) is 0 Å². The van der Waals surface area contributed by atoms with E-state index in [1.807, 2.05) is 4.90 Å². The molecule has 0 aromatic heterocycles. The van der Waals surface area contributed by atoms with Crippen molar-refractivity contribution in [1.29, 1.82) is 0 Å². The Hall–Kier alpha value is -0.610. The number of piperazine rings is 1. The maximum atomic E-state index is 12.2. The summed E-state index contributed by atoms with van der Waals surface area (Å²) >= 11 is 0. The SMILES string of the molecule is CC(C)OC1CCC(CC(=O)N2CCNCC2)CC1. The number of rotatable bonds is 4. The van der Waals surface area contributed by atoms with Gasteiger partial charge in [0.15, 0.2) is 0 Å². The second kappa shape index (κ2) is 7.25. The lowest BCUT2D eigenvalue weighted by atomic mass is 9.85. The van der Waals surface area contributed by atoms with Crippen molar-refractivity contribution in [3.05, 3.63) is 0 Å². The average Bonchev–Trinajstić information content (AvgIpc) is 2.41. The van der Waals surface area contributed by atoms with E-state index in [4.69, 9.17) is 4.74 Å².